The third-order valence-electron chi connectivity index (χ3n) is 3.40. The Morgan fingerprint density at radius 3 is 3.11 bits per heavy atom. The minimum atomic E-state index is -0.173. The lowest BCUT2D eigenvalue weighted by Gasteiger charge is -2.33. The quantitative estimate of drug-likeness (QED) is 0.918. The molecular weight excluding hydrogens is 295 g/mol. The Balaban J connectivity index is 1.98. The van der Waals surface area contributed by atoms with Crippen molar-refractivity contribution >= 4 is 15.9 Å². The second kappa shape index (κ2) is 6.64. The lowest BCUT2D eigenvalue weighted by Crippen LogP contribution is -2.50. The Hall–Kier alpha value is -0.450. The Morgan fingerprint density at radius 1 is 1.50 bits per heavy atom. The van der Waals surface area contributed by atoms with Gasteiger partial charge in [-0.3, -0.25) is 4.90 Å². The molecule has 100 valence electrons. The molecule has 1 saturated heterocycles. The molecule has 1 aromatic carbocycles. The number of hydrogen-bond donors (Lipinski definition) is 1. The maximum atomic E-state index is 13.5. The summed E-state index contributed by atoms with van der Waals surface area (Å²) >= 11 is 3.34. The SMILES string of the molecule is CCCC1CN(Cc2cccc(F)c2Br)CCN1. The van der Waals surface area contributed by atoms with E-state index in [2.05, 4.69) is 33.1 Å². The van der Waals surface area contributed by atoms with Crippen LogP contribution in [0.15, 0.2) is 22.7 Å². The molecule has 0 aromatic heterocycles. The van der Waals surface area contributed by atoms with E-state index in [4.69, 9.17) is 0 Å². The molecule has 1 heterocycles. The Labute approximate surface area is 117 Å². The minimum absolute atomic E-state index is 0.173. The van der Waals surface area contributed by atoms with Gasteiger partial charge in [0.2, 0.25) is 0 Å². The van der Waals surface area contributed by atoms with Crippen molar-refractivity contribution in [2.24, 2.45) is 0 Å². The fourth-order valence-corrected chi connectivity index (χ4v) is 2.88. The predicted octanol–water partition coefficient (Wildman–Crippen LogP) is 3.16. The van der Waals surface area contributed by atoms with E-state index in [9.17, 15) is 4.39 Å². The molecule has 1 aliphatic rings. The number of benzene rings is 1. The highest BCUT2D eigenvalue weighted by Gasteiger charge is 2.19. The zero-order valence-electron chi connectivity index (χ0n) is 10.8. The summed E-state index contributed by atoms with van der Waals surface area (Å²) in [6.45, 7) is 6.14. The van der Waals surface area contributed by atoms with Crippen LogP contribution >= 0.6 is 15.9 Å². The van der Waals surface area contributed by atoms with Gasteiger partial charge in [0, 0.05) is 32.2 Å². The molecule has 1 fully saturated rings. The summed E-state index contributed by atoms with van der Waals surface area (Å²) in [7, 11) is 0. The van der Waals surface area contributed by atoms with Crippen molar-refractivity contribution in [3.63, 3.8) is 0 Å². The normalized spacial score (nSPS) is 21.2. The first kappa shape index (κ1) is 14.0. The molecule has 4 heteroatoms. The number of piperazine rings is 1. The summed E-state index contributed by atoms with van der Waals surface area (Å²) in [6, 6.07) is 5.84. The van der Waals surface area contributed by atoms with Gasteiger partial charge in [-0.15, -0.1) is 0 Å². The van der Waals surface area contributed by atoms with Crippen molar-refractivity contribution in [3.05, 3.63) is 34.1 Å². The third kappa shape index (κ3) is 3.53. The van der Waals surface area contributed by atoms with E-state index in [-0.39, 0.29) is 5.82 Å². The van der Waals surface area contributed by atoms with Gasteiger partial charge in [0.25, 0.3) is 0 Å². The van der Waals surface area contributed by atoms with Crippen LogP contribution in [0, 0.1) is 5.82 Å². The van der Waals surface area contributed by atoms with Crippen LogP contribution in [-0.2, 0) is 6.54 Å². The second-order valence-corrected chi connectivity index (χ2v) is 5.68. The second-order valence-electron chi connectivity index (χ2n) is 4.89. The Kier molecular flexibility index (Phi) is 5.15. The largest absolute Gasteiger partial charge is 0.311 e. The first-order chi connectivity index (χ1) is 8.70. The maximum absolute atomic E-state index is 13.5. The van der Waals surface area contributed by atoms with Crippen molar-refractivity contribution in [2.45, 2.75) is 32.4 Å². The van der Waals surface area contributed by atoms with E-state index in [1.54, 1.807) is 6.07 Å². The maximum Gasteiger partial charge on any atom is 0.137 e. The predicted molar refractivity (Wildman–Crippen MR) is 76.1 cm³/mol. The number of nitrogens with one attached hydrogen (secondary N) is 1. The number of nitrogens with zero attached hydrogens (tertiary/aromatic N) is 1. The van der Waals surface area contributed by atoms with Crippen molar-refractivity contribution < 1.29 is 4.39 Å². The molecule has 1 aliphatic heterocycles. The van der Waals surface area contributed by atoms with Gasteiger partial charge in [0.05, 0.1) is 4.47 Å². The molecule has 18 heavy (non-hydrogen) atoms. The van der Waals surface area contributed by atoms with E-state index in [1.807, 2.05) is 6.07 Å². The van der Waals surface area contributed by atoms with E-state index in [0.717, 1.165) is 31.7 Å². The van der Waals surface area contributed by atoms with Gasteiger partial charge >= 0.3 is 0 Å². The van der Waals surface area contributed by atoms with Gasteiger partial charge in [0.15, 0.2) is 0 Å². The van der Waals surface area contributed by atoms with Crippen LogP contribution in [0.25, 0.3) is 0 Å². The van der Waals surface area contributed by atoms with Crippen LogP contribution in [0.4, 0.5) is 4.39 Å². The van der Waals surface area contributed by atoms with Gasteiger partial charge in [-0.1, -0.05) is 25.5 Å². The summed E-state index contributed by atoms with van der Waals surface area (Å²) < 4.78 is 14.1. The van der Waals surface area contributed by atoms with Crippen molar-refractivity contribution in [1.82, 2.24) is 10.2 Å². The highest BCUT2D eigenvalue weighted by atomic mass is 79.9. The summed E-state index contributed by atoms with van der Waals surface area (Å²) in [5.74, 6) is -0.173. The molecule has 0 radical (unpaired) electrons. The van der Waals surface area contributed by atoms with Crippen LogP contribution in [0.3, 0.4) is 0 Å². The summed E-state index contributed by atoms with van der Waals surface area (Å²) in [5.41, 5.74) is 1.03. The topological polar surface area (TPSA) is 15.3 Å². The number of halogens is 2. The van der Waals surface area contributed by atoms with Crippen LogP contribution in [0.5, 0.6) is 0 Å². The first-order valence-electron chi connectivity index (χ1n) is 6.59. The standard InChI is InChI=1S/C14H20BrFN2/c1-2-4-12-10-18(8-7-17-12)9-11-5-3-6-13(16)14(11)15/h3,5-6,12,17H,2,4,7-10H2,1H3. The lowest BCUT2D eigenvalue weighted by molar-refractivity contribution is 0.186. The minimum Gasteiger partial charge on any atom is -0.311 e. The molecule has 0 aliphatic carbocycles. The number of hydrogen-bond acceptors (Lipinski definition) is 2. The lowest BCUT2D eigenvalue weighted by atomic mass is 10.1. The molecule has 2 rings (SSSR count). The highest BCUT2D eigenvalue weighted by Crippen LogP contribution is 2.22. The van der Waals surface area contributed by atoms with Crippen molar-refractivity contribution in [3.8, 4) is 0 Å². The van der Waals surface area contributed by atoms with Crippen LogP contribution in [-0.4, -0.2) is 30.6 Å². The van der Waals surface area contributed by atoms with E-state index in [1.165, 1.54) is 18.9 Å². The van der Waals surface area contributed by atoms with E-state index >= 15 is 0 Å². The van der Waals surface area contributed by atoms with Crippen LogP contribution in [0.2, 0.25) is 0 Å². The van der Waals surface area contributed by atoms with Crippen LogP contribution < -0.4 is 5.32 Å². The number of rotatable bonds is 4. The molecule has 1 N–H and O–H groups in total. The molecular formula is C14H20BrFN2. The molecule has 0 spiro atoms. The molecule has 1 atom stereocenters. The zero-order chi connectivity index (χ0) is 13.0. The first-order valence-corrected chi connectivity index (χ1v) is 7.38. The fourth-order valence-electron chi connectivity index (χ4n) is 2.49. The van der Waals surface area contributed by atoms with Crippen molar-refractivity contribution in [1.29, 1.82) is 0 Å². The monoisotopic (exact) mass is 314 g/mol. The zero-order valence-corrected chi connectivity index (χ0v) is 12.3. The van der Waals surface area contributed by atoms with Crippen LogP contribution in [0.1, 0.15) is 25.3 Å². The molecule has 0 amide bonds. The van der Waals surface area contributed by atoms with Gasteiger partial charge in [-0.25, -0.2) is 4.39 Å². The summed E-state index contributed by atoms with van der Waals surface area (Å²) in [5, 5.41) is 3.53. The molecule has 0 saturated carbocycles. The Bertz CT molecular complexity index is 395. The smallest absolute Gasteiger partial charge is 0.137 e. The van der Waals surface area contributed by atoms with Gasteiger partial charge in [0.1, 0.15) is 5.82 Å². The van der Waals surface area contributed by atoms with Gasteiger partial charge in [-0.05, 0) is 34.0 Å². The van der Waals surface area contributed by atoms with E-state index < -0.39 is 0 Å². The Morgan fingerprint density at radius 2 is 2.33 bits per heavy atom. The molecule has 0 bridgehead atoms. The summed E-state index contributed by atoms with van der Waals surface area (Å²) in [6.07, 6.45) is 2.41. The highest BCUT2D eigenvalue weighted by molar-refractivity contribution is 9.10. The molecule has 1 aromatic rings. The third-order valence-corrected chi connectivity index (χ3v) is 4.29. The molecule has 1 unspecified atom stereocenters. The summed E-state index contributed by atoms with van der Waals surface area (Å²) in [4.78, 5) is 2.40. The van der Waals surface area contributed by atoms with Gasteiger partial charge in [-0.2, -0.15) is 0 Å². The average molecular weight is 315 g/mol. The average Bonchev–Trinajstić information content (AvgIpc) is 2.36. The van der Waals surface area contributed by atoms with Gasteiger partial charge < -0.3 is 5.32 Å². The molecule has 2 nitrogen and oxygen atoms in total. The van der Waals surface area contributed by atoms with E-state index in [0.29, 0.717) is 10.5 Å². The van der Waals surface area contributed by atoms with Crippen molar-refractivity contribution in [2.75, 3.05) is 19.6 Å². The fraction of sp³-hybridized carbons (Fsp3) is 0.571.